The van der Waals surface area contributed by atoms with E-state index in [-0.39, 0.29) is 10.8 Å². The molecule has 0 radical (unpaired) electrons. The predicted molar refractivity (Wildman–Crippen MR) is 90.2 cm³/mol. The van der Waals surface area contributed by atoms with Crippen LogP contribution in [-0.4, -0.2) is 24.3 Å². The summed E-state index contributed by atoms with van der Waals surface area (Å²) in [6.07, 6.45) is 5.38. The number of carbonyl (C=O) groups excluding carboxylic acids is 1. The number of aryl methyl sites for hydroxylation is 2. The molecule has 3 rings (SSSR count). The molecule has 1 aromatic heterocycles. The van der Waals surface area contributed by atoms with Gasteiger partial charge in [-0.3, -0.25) is 9.52 Å². The van der Waals surface area contributed by atoms with Crippen molar-refractivity contribution in [1.29, 1.82) is 0 Å². The average molecular weight is 346 g/mol. The minimum Gasteiger partial charge on any atom is -0.326 e. The molecule has 7 nitrogen and oxygen atoms in total. The van der Waals surface area contributed by atoms with Crippen molar-refractivity contribution in [3.63, 3.8) is 0 Å². The summed E-state index contributed by atoms with van der Waals surface area (Å²) in [4.78, 5) is 19.9. The first-order valence-electron chi connectivity index (χ1n) is 7.74. The maximum absolute atomic E-state index is 12.5. The van der Waals surface area contributed by atoms with E-state index in [1.54, 1.807) is 12.1 Å². The molecule has 0 fully saturated rings. The molecular weight excluding hydrogens is 328 g/mol. The van der Waals surface area contributed by atoms with Crippen LogP contribution in [0.2, 0.25) is 0 Å². The van der Waals surface area contributed by atoms with Gasteiger partial charge in [-0.05, 0) is 36.6 Å². The normalized spacial score (nSPS) is 14.5. The topological polar surface area (TPSA) is 101 Å². The summed E-state index contributed by atoms with van der Waals surface area (Å²) in [5, 5.41) is 2.79. The summed E-state index contributed by atoms with van der Waals surface area (Å²) < 4.78 is 27.6. The highest BCUT2D eigenvalue weighted by Gasteiger charge is 2.19. The standard InChI is InChI=1S/C16H18N4O3S/c1-2-15-17-9-12(10-18-15)20-24(22,23)13-6-7-14-11(8-13)4-3-5-16(21)19-14/h6-10,20H,2-5H2,1H3,(H,19,21). The first kappa shape index (κ1) is 16.4. The van der Waals surface area contributed by atoms with E-state index < -0.39 is 10.0 Å². The van der Waals surface area contributed by atoms with Crippen molar-refractivity contribution < 1.29 is 13.2 Å². The summed E-state index contributed by atoms with van der Waals surface area (Å²) in [6.45, 7) is 1.92. The van der Waals surface area contributed by atoms with Gasteiger partial charge >= 0.3 is 0 Å². The lowest BCUT2D eigenvalue weighted by molar-refractivity contribution is -0.116. The van der Waals surface area contributed by atoms with Crippen LogP contribution in [0, 0.1) is 0 Å². The largest absolute Gasteiger partial charge is 0.326 e. The second kappa shape index (κ2) is 6.56. The molecule has 2 heterocycles. The minimum absolute atomic E-state index is 0.0457. The van der Waals surface area contributed by atoms with Crippen LogP contribution in [0.1, 0.15) is 31.2 Å². The third-order valence-corrected chi connectivity index (χ3v) is 5.16. The van der Waals surface area contributed by atoms with E-state index in [0.29, 0.717) is 42.9 Å². The quantitative estimate of drug-likeness (QED) is 0.883. The zero-order valence-corrected chi connectivity index (χ0v) is 14.1. The van der Waals surface area contributed by atoms with Gasteiger partial charge < -0.3 is 5.32 Å². The van der Waals surface area contributed by atoms with E-state index in [1.165, 1.54) is 18.5 Å². The molecule has 0 bridgehead atoms. The van der Waals surface area contributed by atoms with Crippen LogP contribution >= 0.6 is 0 Å². The van der Waals surface area contributed by atoms with E-state index in [2.05, 4.69) is 20.0 Å². The van der Waals surface area contributed by atoms with Crippen LogP contribution in [0.4, 0.5) is 11.4 Å². The Hall–Kier alpha value is -2.48. The van der Waals surface area contributed by atoms with E-state index >= 15 is 0 Å². The van der Waals surface area contributed by atoms with Crippen molar-refractivity contribution in [2.45, 2.75) is 37.5 Å². The lowest BCUT2D eigenvalue weighted by atomic mass is 10.1. The summed E-state index contributed by atoms with van der Waals surface area (Å²) in [6, 6.07) is 4.71. The third-order valence-electron chi connectivity index (χ3n) is 3.78. The molecule has 0 saturated carbocycles. The fourth-order valence-electron chi connectivity index (χ4n) is 2.52. The van der Waals surface area contributed by atoms with Gasteiger partial charge in [0.25, 0.3) is 10.0 Å². The Morgan fingerprint density at radius 1 is 1.21 bits per heavy atom. The lowest BCUT2D eigenvalue weighted by Crippen LogP contribution is -2.14. The number of fused-ring (bicyclic) bond motifs is 1. The molecule has 0 saturated heterocycles. The average Bonchev–Trinajstić information content (AvgIpc) is 2.75. The summed E-state index contributed by atoms with van der Waals surface area (Å²) >= 11 is 0. The Kier molecular flexibility index (Phi) is 4.48. The second-order valence-electron chi connectivity index (χ2n) is 5.57. The highest BCUT2D eigenvalue weighted by molar-refractivity contribution is 7.92. The molecule has 0 aliphatic carbocycles. The van der Waals surface area contributed by atoms with Crippen LogP contribution in [0.5, 0.6) is 0 Å². The van der Waals surface area contributed by atoms with Crippen LogP contribution in [0.25, 0.3) is 0 Å². The molecule has 0 spiro atoms. The molecule has 1 aliphatic heterocycles. The van der Waals surface area contributed by atoms with Crippen molar-refractivity contribution in [3.05, 3.63) is 42.0 Å². The number of carbonyl (C=O) groups is 1. The highest BCUT2D eigenvalue weighted by atomic mass is 32.2. The van der Waals surface area contributed by atoms with E-state index in [9.17, 15) is 13.2 Å². The first-order chi connectivity index (χ1) is 11.5. The van der Waals surface area contributed by atoms with Crippen molar-refractivity contribution in [2.75, 3.05) is 10.0 Å². The van der Waals surface area contributed by atoms with E-state index in [1.807, 2.05) is 6.92 Å². The Morgan fingerprint density at radius 3 is 2.67 bits per heavy atom. The number of anilines is 2. The van der Waals surface area contributed by atoms with Gasteiger partial charge in [0.1, 0.15) is 5.82 Å². The van der Waals surface area contributed by atoms with Crippen LogP contribution < -0.4 is 10.0 Å². The SMILES string of the molecule is CCc1ncc(NS(=O)(=O)c2ccc3c(c2)CCCC(=O)N3)cn1. The van der Waals surface area contributed by atoms with Gasteiger partial charge in [0, 0.05) is 18.5 Å². The molecule has 0 unspecified atom stereocenters. The number of aromatic nitrogens is 2. The molecule has 1 amide bonds. The van der Waals surface area contributed by atoms with Crippen LogP contribution in [-0.2, 0) is 27.7 Å². The van der Waals surface area contributed by atoms with Gasteiger partial charge in [0.15, 0.2) is 0 Å². The van der Waals surface area contributed by atoms with Crippen molar-refractivity contribution in [2.24, 2.45) is 0 Å². The molecular formula is C16H18N4O3S. The fourth-order valence-corrected chi connectivity index (χ4v) is 3.60. The molecule has 8 heteroatoms. The molecule has 0 atom stereocenters. The number of rotatable bonds is 4. The number of amides is 1. The number of hydrogen-bond donors (Lipinski definition) is 2. The number of nitrogens with one attached hydrogen (secondary N) is 2. The van der Waals surface area contributed by atoms with Gasteiger partial charge in [-0.1, -0.05) is 6.92 Å². The predicted octanol–water partition coefficient (Wildman–Crippen LogP) is 2.11. The molecule has 2 aromatic rings. The Bertz CT molecular complexity index is 863. The lowest BCUT2D eigenvalue weighted by Gasteiger charge is -2.11. The number of benzene rings is 1. The van der Waals surface area contributed by atoms with Crippen LogP contribution in [0.15, 0.2) is 35.5 Å². The summed E-state index contributed by atoms with van der Waals surface area (Å²) in [7, 11) is -3.73. The molecule has 1 aromatic carbocycles. The number of hydrogen-bond acceptors (Lipinski definition) is 5. The Balaban J connectivity index is 1.86. The molecule has 2 N–H and O–H groups in total. The number of nitrogens with zero attached hydrogens (tertiary/aromatic N) is 2. The third kappa shape index (κ3) is 3.53. The van der Waals surface area contributed by atoms with Crippen LogP contribution in [0.3, 0.4) is 0 Å². The van der Waals surface area contributed by atoms with Gasteiger partial charge in [0.05, 0.1) is 23.0 Å². The smallest absolute Gasteiger partial charge is 0.262 e. The summed E-state index contributed by atoms with van der Waals surface area (Å²) in [5.41, 5.74) is 1.81. The summed E-state index contributed by atoms with van der Waals surface area (Å²) in [5.74, 6) is 0.606. The van der Waals surface area contributed by atoms with Gasteiger partial charge in [0.2, 0.25) is 5.91 Å². The first-order valence-corrected chi connectivity index (χ1v) is 9.23. The molecule has 1 aliphatic rings. The molecule has 126 valence electrons. The minimum atomic E-state index is -3.73. The zero-order chi connectivity index (χ0) is 17.2. The zero-order valence-electron chi connectivity index (χ0n) is 13.2. The van der Waals surface area contributed by atoms with Gasteiger partial charge in [-0.15, -0.1) is 0 Å². The van der Waals surface area contributed by atoms with Gasteiger partial charge in [-0.25, -0.2) is 18.4 Å². The maximum atomic E-state index is 12.5. The molecule has 24 heavy (non-hydrogen) atoms. The fraction of sp³-hybridized carbons (Fsp3) is 0.312. The second-order valence-corrected chi connectivity index (χ2v) is 7.25. The Labute approximate surface area is 140 Å². The number of sulfonamides is 1. The van der Waals surface area contributed by atoms with Crippen molar-refractivity contribution in [1.82, 2.24) is 9.97 Å². The monoisotopic (exact) mass is 346 g/mol. The van der Waals surface area contributed by atoms with Gasteiger partial charge in [-0.2, -0.15) is 0 Å². The van der Waals surface area contributed by atoms with E-state index in [0.717, 1.165) is 5.56 Å². The highest BCUT2D eigenvalue weighted by Crippen LogP contribution is 2.26. The Morgan fingerprint density at radius 2 is 1.96 bits per heavy atom. The van der Waals surface area contributed by atoms with Crippen molar-refractivity contribution in [3.8, 4) is 0 Å². The van der Waals surface area contributed by atoms with Crippen molar-refractivity contribution >= 4 is 27.3 Å². The van der Waals surface area contributed by atoms with E-state index in [4.69, 9.17) is 0 Å². The maximum Gasteiger partial charge on any atom is 0.262 e.